The number of furan rings is 1. The highest BCUT2D eigenvalue weighted by molar-refractivity contribution is 7.18. The number of amides is 1. The summed E-state index contributed by atoms with van der Waals surface area (Å²) in [4.78, 5) is 29.2. The number of carboxylic acids is 1. The molecule has 1 N–H and O–H groups in total. The summed E-state index contributed by atoms with van der Waals surface area (Å²) >= 11 is 7.50. The number of benzene rings is 4. The molecule has 0 atom stereocenters. The van der Waals surface area contributed by atoms with Gasteiger partial charge in [-0.1, -0.05) is 78.3 Å². The van der Waals surface area contributed by atoms with Crippen molar-refractivity contribution in [2.75, 3.05) is 4.90 Å². The van der Waals surface area contributed by atoms with Crippen molar-refractivity contribution in [3.63, 3.8) is 0 Å². The first-order valence-electron chi connectivity index (χ1n) is 13.4. The molecule has 0 aliphatic rings. The number of thiophene rings is 1. The molecule has 0 aliphatic heterocycles. The molecule has 0 fully saturated rings. The second-order valence-corrected chi connectivity index (χ2v) is 11.6. The Kier molecular flexibility index (Phi) is 7.42. The van der Waals surface area contributed by atoms with Gasteiger partial charge in [0.2, 0.25) is 0 Å². The van der Waals surface area contributed by atoms with Gasteiger partial charge in [0.15, 0.2) is 0 Å². The smallest absolute Gasteiger partial charge is 0.348 e. The van der Waals surface area contributed by atoms with Gasteiger partial charge in [-0.2, -0.15) is 0 Å². The van der Waals surface area contributed by atoms with Gasteiger partial charge in [0.25, 0.3) is 5.91 Å². The van der Waals surface area contributed by atoms with Gasteiger partial charge in [-0.15, -0.1) is 11.3 Å². The Morgan fingerprint density at radius 1 is 0.833 bits per heavy atom. The average Bonchev–Trinajstić information content (AvgIpc) is 3.64. The van der Waals surface area contributed by atoms with Crippen LogP contribution in [0, 0.1) is 13.8 Å². The topological polar surface area (TPSA) is 70.8 Å². The number of hydrogen-bond acceptors (Lipinski definition) is 4. The zero-order valence-corrected chi connectivity index (χ0v) is 24.5. The second kappa shape index (κ2) is 11.3. The third-order valence-corrected chi connectivity index (χ3v) is 8.78. The predicted octanol–water partition coefficient (Wildman–Crippen LogP) is 9.64. The SMILES string of the molecule is Cc1cc(C(=O)N(Cc2cccc(-c3cc4ccccc4o3)c2)c2cc(-c3ccccc3)sc2C(=O)O)c(C)cc1Cl. The number of halogens is 1. The summed E-state index contributed by atoms with van der Waals surface area (Å²) in [7, 11) is 0. The van der Waals surface area contributed by atoms with E-state index < -0.39 is 5.97 Å². The number of carbonyl (C=O) groups is 2. The number of hydrogen-bond donors (Lipinski definition) is 1. The molecular weight excluding hydrogens is 566 g/mol. The summed E-state index contributed by atoms with van der Waals surface area (Å²) < 4.78 is 6.09. The highest BCUT2D eigenvalue weighted by Gasteiger charge is 2.28. The zero-order chi connectivity index (χ0) is 29.4. The molecule has 0 saturated heterocycles. The van der Waals surface area contributed by atoms with Gasteiger partial charge in [0.1, 0.15) is 16.2 Å². The van der Waals surface area contributed by atoms with E-state index in [1.807, 2.05) is 98.8 Å². The fourth-order valence-electron chi connectivity index (χ4n) is 5.03. The molecule has 0 spiro atoms. The number of carbonyl (C=O) groups excluding carboxylic acids is 1. The number of rotatable bonds is 7. The van der Waals surface area contributed by atoms with Crippen molar-refractivity contribution in [1.82, 2.24) is 0 Å². The predicted molar refractivity (Wildman–Crippen MR) is 170 cm³/mol. The van der Waals surface area contributed by atoms with E-state index in [0.29, 0.717) is 27.6 Å². The van der Waals surface area contributed by atoms with Crippen LogP contribution in [0.2, 0.25) is 5.02 Å². The molecule has 5 nitrogen and oxygen atoms in total. The molecule has 2 heterocycles. The molecule has 7 heteroatoms. The van der Waals surface area contributed by atoms with E-state index in [-0.39, 0.29) is 17.3 Å². The van der Waals surface area contributed by atoms with Gasteiger partial charge >= 0.3 is 5.97 Å². The Labute approximate surface area is 252 Å². The fourth-order valence-corrected chi connectivity index (χ4v) is 6.26. The van der Waals surface area contributed by atoms with Gasteiger partial charge in [0.05, 0.1) is 12.2 Å². The summed E-state index contributed by atoms with van der Waals surface area (Å²) in [5.41, 5.74) is 5.66. The molecule has 6 aromatic rings. The van der Waals surface area contributed by atoms with Crippen LogP contribution < -0.4 is 4.90 Å². The Bertz CT molecular complexity index is 1920. The summed E-state index contributed by atoms with van der Waals surface area (Å²) in [6.07, 6.45) is 0. The van der Waals surface area contributed by atoms with E-state index >= 15 is 0 Å². The number of fused-ring (bicyclic) bond motifs is 1. The third-order valence-electron chi connectivity index (χ3n) is 7.21. The van der Waals surface area contributed by atoms with E-state index in [2.05, 4.69) is 0 Å². The summed E-state index contributed by atoms with van der Waals surface area (Å²) in [6.45, 7) is 3.83. The highest BCUT2D eigenvalue weighted by atomic mass is 35.5. The summed E-state index contributed by atoms with van der Waals surface area (Å²) in [6, 6.07) is 32.5. The molecule has 0 unspecified atom stereocenters. The first-order valence-corrected chi connectivity index (χ1v) is 14.6. The number of aromatic carboxylic acids is 1. The van der Waals surface area contributed by atoms with Gasteiger partial charge in [0, 0.05) is 26.4 Å². The molecule has 4 aromatic carbocycles. The lowest BCUT2D eigenvalue weighted by Crippen LogP contribution is -2.32. The van der Waals surface area contributed by atoms with Crippen molar-refractivity contribution in [1.29, 1.82) is 0 Å². The lowest BCUT2D eigenvalue weighted by Gasteiger charge is -2.24. The van der Waals surface area contributed by atoms with Crippen molar-refractivity contribution < 1.29 is 19.1 Å². The third kappa shape index (κ3) is 5.34. The van der Waals surface area contributed by atoms with Crippen molar-refractivity contribution in [2.24, 2.45) is 0 Å². The number of carboxylic acid groups (broad SMARTS) is 1. The Morgan fingerprint density at radius 2 is 1.57 bits per heavy atom. The second-order valence-electron chi connectivity index (χ2n) is 10.2. The van der Waals surface area contributed by atoms with Crippen molar-refractivity contribution in [3.05, 3.63) is 135 Å². The van der Waals surface area contributed by atoms with Gasteiger partial charge < -0.3 is 14.4 Å². The molecule has 0 aliphatic carbocycles. The minimum atomic E-state index is -1.09. The molecule has 0 saturated carbocycles. The van der Waals surface area contributed by atoms with Crippen LogP contribution in [0.1, 0.15) is 36.7 Å². The van der Waals surface area contributed by atoms with Crippen LogP contribution in [0.25, 0.3) is 32.7 Å². The van der Waals surface area contributed by atoms with E-state index in [0.717, 1.165) is 49.4 Å². The van der Waals surface area contributed by atoms with Crippen LogP contribution in [0.3, 0.4) is 0 Å². The largest absolute Gasteiger partial charge is 0.477 e. The first-order chi connectivity index (χ1) is 20.3. The van der Waals surface area contributed by atoms with Crippen LogP contribution in [0.4, 0.5) is 5.69 Å². The standard InChI is InChI=1S/C35H26ClNO4S/c1-21-16-28(36)22(2)15-27(21)34(38)37(29-19-32(42-33(29)35(39)40)24-10-4-3-5-11-24)20-23-9-8-13-25(17-23)31-18-26-12-6-7-14-30(26)41-31/h3-19H,20H2,1-2H3,(H,39,40). The Balaban J connectivity index is 1.46. The maximum atomic E-state index is 14.3. The number of anilines is 1. The Morgan fingerprint density at radius 3 is 2.33 bits per heavy atom. The number of aryl methyl sites for hydroxylation is 2. The molecule has 1 amide bonds. The molecule has 208 valence electrons. The fraction of sp³-hybridized carbons (Fsp3) is 0.0857. The van der Waals surface area contributed by atoms with Gasteiger partial charge in [-0.25, -0.2) is 4.79 Å². The first kappa shape index (κ1) is 27.5. The van der Waals surface area contributed by atoms with E-state index in [1.165, 1.54) is 0 Å². The molecule has 0 radical (unpaired) electrons. The summed E-state index contributed by atoms with van der Waals surface area (Å²) in [5, 5.41) is 11.8. The minimum absolute atomic E-state index is 0.0963. The van der Waals surface area contributed by atoms with Crippen LogP contribution in [-0.2, 0) is 6.54 Å². The van der Waals surface area contributed by atoms with E-state index in [9.17, 15) is 14.7 Å². The lowest BCUT2D eigenvalue weighted by molar-refractivity contribution is 0.0703. The summed E-state index contributed by atoms with van der Waals surface area (Å²) in [5.74, 6) is -0.676. The minimum Gasteiger partial charge on any atom is -0.477 e. The van der Waals surface area contributed by atoms with Crippen LogP contribution in [-0.4, -0.2) is 17.0 Å². The maximum Gasteiger partial charge on any atom is 0.348 e. The van der Waals surface area contributed by atoms with E-state index in [1.54, 1.807) is 23.1 Å². The quantitative estimate of drug-likeness (QED) is 0.201. The van der Waals surface area contributed by atoms with Crippen molar-refractivity contribution >= 4 is 51.5 Å². The van der Waals surface area contributed by atoms with Gasteiger partial charge in [-0.05, 0) is 72.5 Å². The van der Waals surface area contributed by atoms with Crippen LogP contribution in [0.15, 0.2) is 108 Å². The molecule has 0 bridgehead atoms. The molecule has 6 rings (SSSR count). The number of para-hydroxylation sites is 1. The van der Waals surface area contributed by atoms with Crippen molar-refractivity contribution in [3.8, 4) is 21.8 Å². The average molecular weight is 592 g/mol. The zero-order valence-electron chi connectivity index (χ0n) is 22.9. The molecular formula is C35H26ClNO4S. The highest BCUT2D eigenvalue weighted by Crippen LogP contribution is 2.39. The number of nitrogens with zero attached hydrogens (tertiary/aromatic N) is 1. The van der Waals surface area contributed by atoms with Crippen LogP contribution >= 0.6 is 22.9 Å². The Hall–Kier alpha value is -4.65. The lowest BCUT2D eigenvalue weighted by atomic mass is 10.0. The van der Waals surface area contributed by atoms with Gasteiger partial charge in [-0.3, -0.25) is 4.79 Å². The monoisotopic (exact) mass is 591 g/mol. The van der Waals surface area contributed by atoms with E-state index in [4.69, 9.17) is 16.0 Å². The maximum absolute atomic E-state index is 14.3. The normalized spacial score (nSPS) is 11.1. The van der Waals surface area contributed by atoms with Crippen molar-refractivity contribution in [2.45, 2.75) is 20.4 Å². The molecule has 42 heavy (non-hydrogen) atoms. The molecule has 2 aromatic heterocycles. The van der Waals surface area contributed by atoms with Crippen LogP contribution in [0.5, 0.6) is 0 Å².